The Balaban J connectivity index is 1.96. The molecule has 0 bridgehead atoms. The molecule has 4 nitrogen and oxygen atoms in total. The minimum atomic E-state index is 0.748. The minimum absolute atomic E-state index is 0.748. The maximum absolute atomic E-state index is 5.98. The number of thioether (sulfide) groups is 1. The fraction of sp³-hybridized carbons (Fsp3) is 0.385. The predicted molar refractivity (Wildman–Crippen MR) is 79.8 cm³/mol. The first kappa shape index (κ1) is 14.2. The van der Waals surface area contributed by atoms with Crippen molar-refractivity contribution in [2.45, 2.75) is 37.1 Å². The molecule has 6 heteroatoms. The average Bonchev–Trinajstić information content (AvgIpc) is 2.77. The molecule has 1 aromatic carbocycles. The van der Waals surface area contributed by atoms with E-state index >= 15 is 0 Å². The summed E-state index contributed by atoms with van der Waals surface area (Å²) in [7, 11) is 0. The van der Waals surface area contributed by atoms with E-state index in [1.54, 1.807) is 16.4 Å². The van der Waals surface area contributed by atoms with E-state index in [1.165, 1.54) is 5.56 Å². The number of nitrogens with zero attached hydrogens (tertiary/aromatic N) is 3. The molecule has 0 aliphatic carbocycles. The monoisotopic (exact) mass is 296 g/mol. The van der Waals surface area contributed by atoms with Gasteiger partial charge in [-0.3, -0.25) is 0 Å². The third kappa shape index (κ3) is 3.88. The van der Waals surface area contributed by atoms with Crippen LogP contribution in [0.2, 0.25) is 5.02 Å². The number of rotatable bonds is 6. The quantitative estimate of drug-likeness (QED) is 0.656. The van der Waals surface area contributed by atoms with Crippen LogP contribution in [0.4, 0.5) is 0 Å². The Morgan fingerprint density at radius 3 is 2.68 bits per heavy atom. The minimum Gasteiger partial charge on any atom is -0.336 e. The Morgan fingerprint density at radius 2 is 2.00 bits per heavy atom. The van der Waals surface area contributed by atoms with E-state index in [0.29, 0.717) is 0 Å². The SMILES string of the molecule is CCCCc1nnc(SCc2ccc(Cl)cc2)n1N. The summed E-state index contributed by atoms with van der Waals surface area (Å²) in [6.07, 6.45) is 3.08. The molecule has 102 valence electrons. The molecular formula is C13H17ClN4S. The maximum atomic E-state index is 5.98. The predicted octanol–water partition coefficient (Wildman–Crippen LogP) is 3.28. The molecule has 0 aliphatic rings. The number of hydrogen-bond acceptors (Lipinski definition) is 4. The van der Waals surface area contributed by atoms with E-state index < -0.39 is 0 Å². The van der Waals surface area contributed by atoms with Crippen LogP contribution in [0.1, 0.15) is 31.2 Å². The van der Waals surface area contributed by atoms with E-state index in [1.807, 2.05) is 24.3 Å². The van der Waals surface area contributed by atoms with Crippen LogP contribution in [0.3, 0.4) is 0 Å². The van der Waals surface area contributed by atoms with Crippen molar-refractivity contribution in [1.29, 1.82) is 0 Å². The smallest absolute Gasteiger partial charge is 0.210 e. The molecule has 0 amide bonds. The summed E-state index contributed by atoms with van der Waals surface area (Å²) < 4.78 is 1.59. The van der Waals surface area contributed by atoms with Gasteiger partial charge in [0.1, 0.15) is 0 Å². The summed E-state index contributed by atoms with van der Waals surface area (Å²) in [4.78, 5) is 0. The van der Waals surface area contributed by atoms with Gasteiger partial charge >= 0.3 is 0 Å². The van der Waals surface area contributed by atoms with Gasteiger partial charge in [0.05, 0.1) is 0 Å². The molecule has 2 rings (SSSR count). The topological polar surface area (TPSA) is 56.7 Å². The van der Waals surface area contributed by atoms with Gasteiger partial charge in [-0.25, -0.2) is 4.68 Å². The van der Waals surface area contributed by atoms with Gasteiger partial charge in [0.15, 0.2) is 5.82 Å². The van der Waals surface area contributed by atoms with Gasteiger partial charge in [0.25, 0.3) is 0 Å². The lowest BCUT2D eigenvalue weighted by atomic mass is 10.2. The molecular weight excluding hydrogens is 280 g/mol. The molecule has 1 heterocycles. The summed E-state index contributed by atoms with van der Waals surface area (Å²) in [6, 6.07) is 7.78. The van der Waals surface area contributed by atoms with Crippen molar-refractivity contribution in [1.82, 2.24) is 14.9 Å². The molecule has 0 radical (unpaired) electrons. The van der Waals surface area contributed by atoms with Gasteiger partial charge in [-0.2, -0.15) is 0 Å². The highest BCUT2D eigenvalue weighted by molar-refractivity contribution is 7.98. The number of aryl methyl sites for hydroxylation is 1. The van der Waals surface area contributed by atoms with Crippen molar-refractivity contribution in [3.05, 3.63) is 40.7 Å². The highest BCUT2D eigenvalue weighted by atomic mass is 35.5. The van der Waals surface area contributed by atoms with Gasteiger partial charge in [0.2, 0.25) is 5.16 Å². The molecule has 0 aliphatic heterocycles. The zero-order chi connectivity index (χ0) is 13.7. The Bertz CT molecular complexity index is 524. The number of aromatic nitrogens is 3. The van der Waals surface area contributed by atoms with Gasteiger partial charge in [-0.05, 0) is 24.1 Å². The van der Waals surface area contributed by atoms with E-state index in [-0.39, 0.29) is 0 Å². The molecule has 0 atom stereocenters. The van der Waals surface area contributed by atoms with Gasteiger partial charge < -0.3 is 5.84 Å². The largest absolute Gasteiger partial charge is 0.336 e. The van der Waals surface area contributed by atoms with Gasteiger partial charge in [-0.1, -0.05) is 48.8 Å². The second-order valence-electron chi connectivity index (χ2n) is 4.29. The van der Waals surface area contributed by atoms with E-state index in [4.69, 9.17) is 17.4 Å². The van der Waals surface area contributed by atoms with E-state index in [9.17, 15) is 0 Å². The maximum Gasteiger partial charge on any atom is 0.210 e. The van der Waals surface area contributed by atoms with Crippen LogP contribution in [0.5, 0.6) is 0 Å². The number of halogens is 1. The fourth-order valence-corrected chi connectivity index (χ4v) is 2.60. The normalized spacial score (nSPS) is 10.8. The van der Waals surface area contributed by atoms with Crippen molar-refractivity contribution in [3.63, 3.8) is 0 Å². The first-order valence-electron chi connectivity index (χ1n) is 6.27. The molecule has 0 saturated carbocycles. The number of benzene rings is 1. The fourth-order valence-electron chi connectivity index (χ4n) is 1.64. The molecule has 2 N–H and O–H groups in total. The number of nitrogen functional groups attached to an aromatic ring is 1. The number of unbranched alkanes of at least 4 members (excludes halogenated alkanes) is 1. The Hall–Kier alpha value is -1.20. The van der Waals surface area contributed by atoms with Crippen molar-refractivity contribution >= 4 is 23.4 Å². The second kappa shape index (κ2) is 6.82. The number of hydrogen-bond donors (Lipinski definition) is 1. The van der Waals surface area contributed by atoms with Crippen molar-refractivity contribution < 1.29 is 0 Å². The Labute approximate surface area is 122 Å². The summed E-state index contributed by atoms with van der Waals surface area (Å²) in [5.74, 6) is 7.64. The van der Waals surface area contributed by atoms with Crippen LogP contribution >= 0.6 is 23.4 Å². The van der Waals surface area contributed by atoms with Crippen LogP contribution in [0.25, 0.3) is 0 Å². The van der Waals surface area contributed by atoms with Crippen LogP contribution in [-0.4, -0.2) is 14.9 Å². The zero-order valence-corrected chi connectivity index (χ0v) is 12.4. The lowest BCUT2D eigenvalue weighted by Gasteiger charge is -2.03. The van der Waals surface area contributed by atoms with Crippen LogP contribution in [0.15, 0.2) is 29.4 Å². The molecule has 2 aromatic rings. The first-order chi connectivity index (χ1) is 9.20. The highest BCUT2D eigenvalue weighted by Crippen LogP contribution is 2.21. The summed E-state index contributed by atoms with van der Waals surface area (Å²) in [5.41, 5.74) is 1.19. The summed E-state index contributed by atoms with van der Waals surface area (Å²) in [6.45, 7) is 2.15. The molecule has 0 unspecified atom stereocenters. The van der Waals surface area contributed by atoms with Gasteiger partial charge in [0, 0.05) is 17.2 Å². The molecule has 0 spiro atoms. The Kier molecular flexibility index (Phi) is 5.10. The first-order valence-corrected chi connectivity index (χ1v) is 7.63. The molecule has 19 heavy (non-hydrogen) atoms. The molecule has 0 fully saturated rings. The lowest BCUT2D eigenvalue weighted by molar-refractivity contribution is 0.712. The number of nitrogens with two attached hydrogens (primary N) is 1. The van der Waals surface area contributed by atoms with Crippen LogP contribution < -0.4 is 5.84 Å². The third-order valence-corrected chi connectivity index (χ3v) is 4.04. The van der Waals surface area contributed by atoms with Crippen molar-refractivity contribution in [2.24, 2.45) is 0 Å². The summed E-state index contributed by atoms with van der Waals surface area (Å²) in [5, 5.41) is 9.75. The lowest BCUT2D eigenvalue weighted by Crippen LogP contribution is -2.14. The highest BCUT2D eigenvalue weighted by Gasteiger charge is 2.09. The average molecular weight is 297 g/mol. The van der Waals surface area contributed by atoms with Crippen LogP contribution in [-0.2, 0) is 12.2 Å². The van der Waals surface area contributed by atoms with E-state index in [0.717, 1.165) is 41.0 Å². The third-order valence-electron chi connectivity index (χ3n) is 2.77. The Morgan fingerprint density at radius 1 is 1.26 bits per heavy atom. The molecule has 0 saturated heterocycles. The summed E-state index contributed by atoms with van der Waals surface area (Å²) >= 11 is 7.43. The van der Waals surface area contributed by atoms with Crippen molar-refractivity contribution in [3.8, 4) is 0 Å². The van der Waals surface area contributed by atoms with Crippen LogP contribution in [0, 0.1) is 0 Å². The van der Waals surface area contributed by atoms with E-state index in [2.05, 4.69) is 17.1 Å². The zero-order valence-electron chi connectivity index (χ0n) is 10.8. The standard InChI is InChI=1S/C13H17ClN4S/c1-2-3-4-12-16-17-13(18(12)15)19-9-10-5-7-11(14)8-6-10/h5-8H,2-4,9,15H2,1H3. The molecule has 1 aromatic heterocycles. The second-order valence-corrected chi connectivity index (χ2v) is 5.67. The van der Waals surface area contributed by atoms with Gasteiger partial charge in [-0.15, -0.1) is 10.2 Å². The van der Waals surface area contributed by atoms with Crippen molar-refractivity contribution in [2.75, 3.05) is 5.84 Å².